The molecule has 1 aromatic carbocycles. The van der Waals surface area contributed by atoms with E-state index in [0.29, 0.717) is 27.5 Å². The summed E-state index contributed by atoms with van der Waals surface area (Å²) in [4.78, 5) is 14.6. The van der Waals surface area contributed by atoms with E-state index >= 15 is 0 Å². The van der Waals surface area contributed by atoms with Crippen LogP contribution in [0, 0.1) is 0 Å². The molecule has 1 amide bonds. The summed E-state index contributed by atoms with van der Waals surface area (Å²) in [7, 11) is 0. The predicted octanol–water partition coefficient (Wildman–Crippen LogP) is 2.34. The molecular weight excluding hydrogens is 337 g/mol. The summed E-state index contributed by atoms with van der Waals surface area (Å²) in [5.41, 5.74) is 6.93. The molecule has 0 bridgehead atoms. The zero-order valence-corrected chi connectivity index (χ0v) is 14.0. The van der Waals surface area contributed by atoms with E-state index in [2.05, 4.69) is 20.4 Å². The largest absolute Gasteiger partial charge is 0.396 e. The number of benzene rings is 1. The number of fused-ring (bicyclic) bond motifs is 1. The molecule has 0 saturated carbocycles. The van der Waals surface area contributed by atoms with E-state index < -0.39 is 0 Å². The molecule has 0 aliphatic carbocycles. The van der Waals surface area contributed by atoms with Crippen molar-refractivity contribution in [3.8, 4) is 0 Å². The normalized spacial score (nSPS) is 15.2. The molecular formula is C15H17Cl2N5O. The number of halogens is 2. The Morgan fingerprint density at radius 1 is 1.22 bits per heavy atom. The molecule has 3 N–H and O–H groups in total. The first-order valence-corrected chi connectivity index (χ1v) is 8.23. The molecule has 0 unspecified atom stereocenters. The minimum atomic E-state index is -0.331. The van der Waals surface area contributed by atoms with Crippen LogP contribution < -0.4 is 11.1 Å². The Hall–Kier alpha value is -1.63. The molecule has 8 heteroatoms. The molecule has 0 spiro atoms. The van der Waals surface area contributed by atoms with Crippen LogP contribution in [0.1, 0.15) is 23.3 Å². The third kappa shape index (κ3) is 3.49. The number of carbonyl (C=O) groups excluding carboxylic acids is 1. The quantitative estimate of drug-likeness (QED) is 0.881. The van der Waals surface area contributed by atoms with Gasteiger partial charge in [0.2, 0.25) is 0 Å². The summed E-state index contributed by atoms with van der Waals surface area (Å²) in [5.74, 6) is -0.331. The van der Waals surface area contributed by atoms with E-state index in [4.69, 9.17) is 28.9 Å². The van der Waals surface area contributed by atoms with Gasteiger partial charge in [0, 0.05) is 18.5 Å². The van der Waals surface area contributed by atoms with Gasteiger partial charge in [-0.2, -0.15) is 0 Å². The number of amides is 1. The summed E-state index contributed by atoms with van der Waals surface area (Å²) in [6.07, 6.45) is 2.45. The van der Waals surface area contributed by atoms with Gasteiger partial charge in [-0.25, -0.2) is 0 Å². The predicted molar refractivity (Wildman–Crippen MR) is 92.0 cm³/mol. The second-order valence-electron chi connectivity index (χ2n) is 5.55. The lowest BCUT2D eigenvalue weighted by Gasteiger charge is -2.15. The van der Waals surface area contributed by atoms with Gasteiger partial charge in [-0.15, -0.1) is 10.2 Å². The number of nitrogens with one attached hydrogen (secondary N) is 1. The Bertz CT molecular complexity index is 746. The van der Waals surface area contributed by atoms with E-state index in [1.165, 1.54) is 12.8 Å². The van der Waals surface area contributed by atoms with Crippen LogP contribution in [-0.2, 0) is 0 Å². The number of anilines is 1. The van der Waals surface area contributed by atoms with Crippen molar-refractivity contribution >= 4 is 45.7 Å². The summed E-state index contributed by atoms with van der Waals surface area (Å²) >= 11 is 12.0. The maximum Gasteiger partial charge on any atom is 0.274 e. The van der Waals surface area contributed by atoms with Crippen LogP contribution in [0.25, 0.3) is 10.9 Å². The minimum absolute atomic E-state index is 0.109. The number of hydrogen-bond acceptors (Lipinski definition) is 5. The van der Waals surface area contributed by atoms with Gasteiger partial charge in [0.05, 0.1) is 21.2 Å². The van der Waals surface area contributed by atoms with Gasteiger partial charge in [-0.1, -0.05) is 23.2 Å². The highest BCUT2D eigenvalue weighted by atomic mass is 35.5. The van der Waals surface area contributed by atoms with Crippen LogP contribution in [0.4, 0.5) is 5.69 Å². The Morgan fingerprint density at radius 3 is 2.65 bits per heavy atom. The van der Waals surface area contributed by atoms with Gasteiger partial charge in [0.25, 0.3) is 5.91 Å². The van der Waals surface area contributed by atoms with Crippen LogP contribution in [0.5, 0.6) is 0 Å². The monoisotopic (exact) mass is 353 g/mol. The number of hydrogen-bond donors (Lipinski definition) is 2. The van der Waals surface area contributed by atoms with Crippen LogP contribution in [0.15, 0.2) is 12.1 Å². The van der Waals surface area contributed by atoms with E-state index in [9.17, 15) is 4.79 Å². The molecule has 2 aromatic rings. The van der Waals surface area contributed by atoms with Crippen molar-refractivity contribution in [2.24, 2.45) is 0 Å². The second-order valence-corrected chi connectivity index (χ2v) is 6.36. The number of nitrogens with zero attached hydrogens (tertiary/aromatic N) is 3. The SMILES string of the molecule is Nc1c(C(=O)NCCN2CCCC2)nnc2cc(Cl)c(Cl)cc12. The van der Waals surface area contributed by atoms with E-state index in [0.717, 1.165) is 19.6 Å². The molecule has 122 valence electrons. The summed E-state index contributed by atoms with van der Waals surface area (Å²) in [5, 5.41) is 12.1. The highest BCUT2D eigenvalue weighted by Gasteiger charge is 2.17. The van der Waals surface area contributed by atoms with Crippen molar-refractivity contribution in [2.75, 3.05) is 31.9 Å². The Morgan fingerprint density at radius 2 is 1.91 bits per heavy atom. The molecule has 2 heterocycles. The first kappa shape index (κ1) is 16.2. The molecule has 0 radical (unpaired) electrons. The Labute approximate surface area is 143 Å². The van der Waals surface area contributed by atoms with E-state index in [1.807, 2.05) is 0 Å². The zero-order valence-electron chi connectivity index (χ0n) is 12.5. The lowest BCUT2D eigenvalue weighted by molar-refractivity contribution is 0.0945. The molecule has 1 aliphatic heterocycles. The van der Waals surface area contributed by atoms with Gasteiger partial charge in [0.1, 0.15) is 0 Å². The van der Waals surface area contributed by atoms with Gasteiger partial charge >= 0.3 is 0 Å². The van der Waals surface area contributed by atoms with Crippen molar-refractivity contribution in [3.05, 3.63) is 27.9 Å². The lowest BCUT2D eigenvalue weighted by Crippen LogP contribution is -2.34. The van der Waals surface area contributed by atoms with Crippen molar-refractivity contribution < 1.29 is 4.79 Å². The third-order valence-electron chi connectivity index (χ3n) is 3.97. The number of rotatable bonds is 4. The number of nitrogens with two attached hydrogens (primary N) is 1. The Balaban J connectivity index is 1.74. The number of likely N-dealkylation sites (tertiary alicyclic amines) is 1. The molecule has 23 heavy (non-hydrogen) atoms. The molecule has 1 aliphatic rings. The van der Waals surface area contributed by atoms with E-state index in [-0.39, 0.29) is 17.3 Å². The van der Waals surface area contributed by atoms with Crippen molar-refractivity contribution in [2.45, 2.75) is 12.8 Å². The fourth-order valence-electron chi connectivity index (χ4n) is 2.71. The zero-order chi connectivity index (χ0) is 16.4. The third-order valence-corrected chi connectivity index (χ3v) is 4.69. The van der Waals surface area contributed by atoms with Crippen LogP contribution in [0.3, 0.4) is 0 Å². The standard InChI is InChI=1S/C15H17Cl2N5O/c16-10-7-9-12(8-11(10)17)20-21-14(13(9)18)15(23)19-3-6-22-4-1-2-5-22/h7-8H,1-6H2,(H2,18,20)(H,19,23). The van der Waals surface area contributed by atoms with Crippen LogP contribution >= 0.6 is 23.2 Å². The summed E-state index contributed by atoms with van der Waals surface area (Å²) < 4.78 is 0. The molecule has 0 atom stereocenters. The number of aromatic nitrogens is 2. The molecule has 6 nitrogen and oxygen atoms in total. The fourth-order valence-corrected chi connectivity index (χ4v) is 3.03. The first-order valence-electron chi connectivity index (χ1n) is 7.47. The summed E-state index contributed by atoms with van der Waals surface area (Å²) in [6, 6.07) is 3.18. The molecule has 1 saturated heterocycles. The maximum absolute atomic E-state index is 12.3. The van der Waals surface area contributed by atoms with Gasteiger partial charge in [0.15, 0.2) is 5.69 Å². The molecule has 1 aromatic heterocycles. The van der Waals surface area contributed by atoms with Crippen molar-refractivity contribution in [1.82, 2.24) is 20.4 Å². The lowest BCUT2D eigenvalue weighted by atomic mass is 10.1. The number of nitrogen functional groups attached to an aromatic ring is 1. The minimum Gasteiger partial charge on any atom is -0.396 e. The average Bonchev–Trinajstić information content (AvgIpc) is 3.03. The molecule has 1 fully saturated rings. The van der Waals surface area contributed by atoms with Crippen molar-refractivity contribution in [1.29, 1.82) is 0 Å². The van der Waals surface area contributed by atoms with Crippen molar-refractivity contribution in [3.63, 3.8) is 0 Å². The summed E-state index contributed by atoms with van der Waals surface area (Å²) in [6.45, 7) is 3.56. The van der Waals surface area contributed by atoms with E-state index in [1.54, 1.807) is 12.1 Å². The fraction of sp³-hybridized carbons (Fsp3) is 0.400. The number of carbonyl (C=O) groups is 1. The topological polar surface area (TPSA) is 84.1 Å². The van der Waals surface area contributed by atoms with Crippen LogP contribution in [0.2, 0.25) is 10.0 Å². The van der Waals surface area contributed by atoms with Gasteiger partial charge in [-0.05, 0) is 38.1 Å². The highest BCUT2D eigenvalue weighted by Crippen LogP contribution is 2.30. The maximum atomic E-state index is 12.3. The molecule has 3 rings (SSSR count). The average molecular weight is 354 g/mol. The highest BCUT2D eigenvalue weighted by molar-refractivity contribution is 6.42. The second kappa shape index (κ2) is 6.86. The smallest absolute Gasteiger partial charge is 0.274 e. The van der Waals surface area contributed by atoms with Gasteiger partial charge in [-0.3, -0.25) is 4.79 Å². The van der Waals surface area contributed by atoms with Crippen LogP contribution in [-0.4, -0.2) is 47.2 Å². The van der Waals surface area contributed by atoms with Gasteiger partial charge < -0.3 is 16.0 Å². The first-order chi connectivity index (χ1) is 11.1. The Kier molecular flexibility index (Phi) is 4.84.